The largest absolute Gasteiger partial charge is 0.394 e. The maximum absolute atomic E-state index is 12.7. The molecule has 1 aromatic rings. The van der Waals surface area contributed by atoms with Crippen molar-refractivity contribution in [2.75, 3.05) is 13.2 Å². The van der Waals surface area contributed by atoms with E-state index in [2.05, 4.69) is 12.0 Å². The number of nitrogens with zero attached hydrogens (tertiary/aromatic N) is 3. The predicted molar refractivity (Wildman–Crippen MR) is 72.9 cm³/mol. The molecule has 5 heteroatoms. The maximum Gasteiger partial charge on any atom is 0.272 e. The summed E-state index contributed by atoms with van der Waals surface area (Å²) in [6, 6.07) is 1.77. The van der Waals surface area contributed by atoms with Gasteiger partial charge in [0.25, 0.3) is 5.91 Å². The van der Waals surface area contributed by atoms with Gasteiger partial charge in [0.05, 0.1) is 18.3 Å². The van der Waals surface area contributed by atoms with Gasteiger partial charge in [-0.1, -0.05) is 6.92 Å². The molecule has 2 rings (SSSR count). The molecule has 0 radical (unpaired) electrons. The van der Waals surface area contributed by atoms with Crippen LogP contribution in [0.2, 0.25) is 0 Å². The Labute approximate surface area is 114 Å². The third-order valence-electron chi connectivity index (χ3n) is 3.98. The highest BCUT2D eigenvalue weighted by Crippen LogP contribution is 2.24. The van der Waals surface area contributed by atoms with Crippen molar-refractivity contribution in [3.63, 3.8) is 0 Å². The van der Waals surface area contributed by atoms with Crippen LogP contribution in [0.4, 0.5) is 0 Å². The Morgan fingerprint density at radius 3 is 2.95 bits per heavy atom. The Kier molecular flexibility index (Phi) is 4.24. The number of hydrogen-bond donors (Lipinski definition) is 1. The number of carbonyl (C=O) groups excluding carboxylic acids is 1. The lowest BCUT2D eigenvalue weighted by Crippen LogP contribution is -2.50. The zero-order valence-electron chi connectivity index (χ0n) is 12.0. The van der Waals surface area contributed by atoms with Crippen LogP contribution in [0.25, 0.3) is 0 Å². The summed E-state index contributed by atoms with van der Waals surface area (Å²) in [7, 11) is 0. The second kappa shape index (κ2) is 5.74. The van der Waals surface area contributed by atoms with E-state index in [0.29, 0.717) is 18.2 Å². The summed E-state index contributed by atoms with van der Waals surface area (Å²) in [4.78, 5) is 14.5. The molecule has 0 bridgehead atoms. The molecule has 106 valence electrons. The first-order valence-electron chi connectivity index (χ1n) is 7.04. The molecule has 1 amide bonds. The Morgan fingerprint density at radius 2 is 2.32 bits per heavy atom. The molecule has 2 unspecified atom stereocenters. The topological polar surface area (TPSA) is 58.4 Å². The summed E-state index contributed by atoms with van der Waals surface area (Å²) in [6.45, 7) is 7.41. The minimum Gasteiger partial charge on any atom is -0.394 e. The van der Waals surface area contributed by atoms with Crippen LogP contribution >= 0.6 is 0 Å². The highest BCUT2D eigenvalue weighted by Gasteiger charge is 2.33. The number of aliphatic hydroxyl groups excluding tert-OH is 1. The van der Waals surface area contributed by atoms with Crippen LogP contribution in [0.3, 0.4) is 0 Å². The molecule has 2 heterocycles. The minimum absolute atomic E-state index is 0.00644. The molecular weight excluding hydrogens is 242 g/mol. The lowest BCUT2D eigenvalue weighted by Gasteiger charge is -2.39. The van der Waals surface area contributed by atoms with E-state index in [-0.39, 0.29) is 18.6 Å². The molecule has 1 aliphatic heterocycles. The van der Waals surface area contributed by atoms with E-state index in [4.69, 9.17) is 0 Å². The van der Waals surface area contributed by atoms with Gasteiger partial charge in [-0.05, 0) is 38.7 Å². The standard InChI is InChI=1S/C14H23N3O2/c1-4-17-12(8-11(3)15-17)14(19)16-7-5-6-10(2)13(16)9-18/h8,10,13,18H,4-7,9H2,1-3H3. The van der Waals surface area contributed by atoms with Crippen molar-refractivity contribution in [3.05, 3.63) is 17.5 Å². The molecule has 0 aromatic carbocycles. The number of piperidine rings is 1. The Morgan fingerprint density at radius 1 is 1.58 bits per heavy atom. The SMILES string of the molecule is CCn1nc(C)cc1C(=O)N1CCCC(C)C1CO. The number of aryl methyl sites for hydroxylation is 2. The Hall–Kier alpha value is -1.36. The van der Waals surface area contributed by atoms with E-state index in [1.165, 1.54) is 0 Å². The fourth-order valence-electron chi connectivity index (χ4n) is 2.89. The molecule has 1 aromatic heterocycles. The number of amides is 1. The first kappa shape index (κ1) is 14.1. The molecule has 1 aliphatic rings. The van der Waals surface area contributed by atoms with E-state index in [0.717, 1.165) is 25.1 Å². The van der Waals surface area contributed by atoms with E-state index in [1.807, 2.05) is 24.8 Å². The van der Waals surface area contributed by atoms with Crippen LogP contribution in [0.5, 0.6) is 0 Å². The number of aliphatic hydroxyl groups is 1. The van der Waals surface area contributed by atoms with Crippen LogP contribution in [0, 0.1) is 12.8 Å². The summed E-state index contributed by atoms with van der Waals surface area (Å²) < 4.78 is 1.74. The summed E-state index contributed by atoms with van der Waals surface area (Å²) in [5, 5.41) is 13.9. The van der Waals surface area contributed by atoms with Gasteiger partial charge in [0, 0.05) is 13.1 Å². The van der Waals surface area contributed by atoms with Gasteiger partial charge in [-0.2, -0.15) is 5.10 Å². The van der Waals surface area contributed by atoms with Crippen LogP contribution < -0.4 is 0 Å². The van der Waals surface area contributed by atoms with Gasteiger partial charge in [0.2, 0.25) is 0 Å². The van der Waals surface area contributed by atoms with Gasteiger partial charge in [-0.15, -0.1) is 0 Å². The van der Waals surface area contributed by atoms with Crippen molar-refractivity contribution in [3.8, 4) is 0 Å². The van der Waals surface area contributed by atoms with Crippen molar-refractivity contribution in [1.82, 2.24) is 14.7 Å². The summed E-state index contributed by atoms with van der Waals surface area (Å²) in [6.07, 6.45) is 2.07. The molecule has 1 N–H and O–H groups in total. The van der Waals surface area contributed by atoms with E-state index >= 15 is 0 Å². The third kappa shape index (κ3) is 2.66. The Bertz CT molecular complexity index is 456. The Balaban J connectivity index is 2.26. The lowest BCUT2D eigenvalue weighted by molar-refractivity contribution is 0.0348. The molecule has 0 saturated carbocycles. The van der Waals surface area contributed by atoms with Gasteiger partial charge in [-0.3, -0.25) is 9.48 Å². The number of likely N-dealkylation sites (tertiary alicyclic amines) is 1. The normalized spacial score (nSPS) is 23.7. The maximum atomic E-state index is 12.7. The predicted octanol–water partition coefficient (Wildman–Crippen LogP) is 1.44. The third-order valence-corrected chi connectivity index (χ3v) is 3.98. The average molecular weight is 265 g/mol. The second-order valence-electron chi connectivity index (χ2n) is 5.35. The molecule has 1 fully saturated rings. The second-order valence-corrected chi connectivity index (χ2v) is 5.35. The smallest absolute Gasteiger partial charge is 0.272 e. The quantitative estimate of drug-likeness (QED) is 0.899. The van der Waals surface area contributed by atoms with Crippen molar-refractivity contribution in [2.45, 2.75) is 46.2 Å². The molecule has 0 spiro atoms. The van der Waals surface area contributed by atoms with Crippen molar-refractivity contribution in [1.29, 1.82) is 0 Å². The van der Waals surface area contributed by atoms with Gasteiger partial charge >= 0.3 is 0 Å². The average Bonchev–Trinajstić information content (AvgIpc) is 2.78. The zero-order chi connectivity index (χ0) is 14.0. The monoisotopic (exact) mass is 265 g/mol. The van der Waals surface area contributed by atoms with Crippen LogP contribution in [-0.2, 0) is 6.54 Å². The first-order chi connectivity index (χ1) is 9.08. The summed E-state index contributed by atoms with van der Waals surface area (Å²) in [5.74, 6) is 0.342. The molecular formula is C14H23N3O2. The zero-order valence-corrected chi connectivity index (χ0v) is 12.0. The minimum atomic E-state index is -0.0678. The highest BCUT2D eigenvalue weighted by atomic mass is 16.3. The number of hydrogen-bond acceptors (Lipinski definition) is 3. The molecule has 1 saturated heterocycles. The lowest BCUT2D eigenvalue weighted by atomic mass is 9.91. The van der Waals surface area contributed by atoms with Crippen molar-refractivity contribution < 1.29 is 9.90 Å². The van der Waals surface area contributed by atoms with Gasteiger partial charge in [0.1, 0.15) is 5.69 Å². The van der Waals surface area contributed by atoms with E-state index in [9.17, 15) is 9.90 Å². The number of rotatable bonds is 3. The first-order valence-corrected chi connectivity index (χ1v) is 7.04. The molecule has 0 aliphatic carbocycles. The molecule has 2 atom stereocenters. The highest BCUT2D eigenvalue weighted by molar-refractivity contribution is 5.93. The summed E-state index contributed by atoms with van der Waals surface area (Å²) >= 11 is 0. The van der Waals surface area contributed by atoms with Gasteiger partial charge in [-0.25, -0.2) is 0 Å². The fourth-order valence-corrected chi connectivity index (χ4v) is 2.89. The van der Waals surface area contributed by atoms with E-state index in [1.54, 1.807) is 4.68 Å². The molecule has 5 nitrogen and oxygen atoms in total. The number of aromatic nitrogens is 2. The van der Waals surface area contributed by atoms with Crippen molar-refractivity contribution in [2.24, 2.45) is 5.92 Å². The number of carbonyl (C=O) groups is 1. The van der Waals surface area contributed by atoms with Crippen molar-refractivity contribution >= 4 is 5.91 Å². The van der Waals surface area contributed by atoms with E-state index < -0.39 is 0 Å². The fraction of sp³-hybridized carbons (Fsp3) is 0.714. The van der Waals surface area contributed by atoms with Crippen LogP contribution in [0.15, 0.2) is 6.07 Å². The van der Waals surface area contributed by atoms with Crippen LogP contribution in [-0.4, -0.2) is 44.9 Å². The van der Waals surface area contributed by atoms with Crippen LogP contribution in [0.1, 0.15) is 42.9 Å². The van der Waals surface area contributed by atoms with Gasteiger partial charge in [0.15, 0.2) is 0 Å². The van der Waals surface area contributed by atoms with Gasteiger partial charge < -0.3 is 10.0 Å². The molecule has 19 heavy (non-hydrogen) atoms. The summed E-state index contributed by atoms with van der Waals surface area (Å²) in [5.41, 5.74) is 1.49.